The zero-order chi connectivity index (χ0) is 25.8. The molecule has 0 aliphatic carbocycles. The van der Waals surface area contributed by atoms with Crippen molar-refractivity contribution >= 4 is 35.6 Å². The first kappa shape index (κ1) is 28.0. The number of primary amides is 1. The van der Waals surface area contributed by atoms with E-state index in [4.69, 9.17) is 21.7 Å². The van der Waals surface area contributed by atoms with Crippen LogP contribution in [0.4, 0.5) is 0 Å². The Balaban J connectivity index is 2.99. The molecule has 4 unspecified atom stereocenters. The Kier molecular flexibility index (Phi) is 11.1. The number of hydrogen-bond donors (Lipinski definition) is 8. The summed E-state index contributed by atoms with van der Waals surface area (Å²) in [6.07, 6.45) is -1.48. The van der Waals surface area contributed by atoms with Crippen molar-refractivity contribution in [3.63, 3.8) is 0 Å². The number of aliphatic hydroxyl groups excluding tert-OH is 1. The smallest absolute Gasteiger partial charge is 0.326 e. The van der Waals surface area contributed by atoms with E-state index in [0.717, 1.165) is 0 Å². The zero-order valence-electron chi connectivity index (χ0n) is 18.0. The number of aliphatic hydroxyl groups is 1. The van der Waals surface area contributed by atoms with Gasteiger partial charge >= 0.3 is 11.9 Å². The quantitative estimate of drug-likeness (QED) is 0.130. The van der Waals surface area contributed by atoms with Gasteiger partial charge in [-0.2, -0.15) is 0 Å². The Morgan fingerprint density at radius 2 is 1.32 bits per heavy atom. The molecule has 186 valence electrons. The summed E-state index contributed by atoms with van der Waals surface area (Å²) in [7, 11) is 0. The second kappa shape index (κ2) is 13.5. The number of carbonyl (C=O) groups excluding carboxylic acids is 4. The van der Waals surface area contributed by atoms with E-state index in [-0.39, 0.29) is 6.42 Å². The van der Waals surface area contributed by atoms with Crippen molar-refractivity contribution in [3.05, 3.63) is 35.9 Å². The number of carboxylic acids is 2. The van der Waals surface area contributed by atoms with Gasteiger partial charge in [0.15, 0.2) is 0 Å². The molecule has 0 heterocycles. The second-order valence-corrected chi connectivity index (χ2v) is 7.27. The molecular weight excluding hydrogens is 454 g/mol. The highest BCUT2D eigenvalue weighted by atomic mass is 16.4. The van der Waals surface area contributed by atoms with Gasteiger partial charge in [0, 0.05) is 6.42 Å². The van der Waals surface area contributed by atoms with Gasteiger partial charge in [-0.25, -0.2) is 4.79 Å². The van der Waals surface area contributed by atoms with Gasteiger partial charge in [-0.1, -0.05) is 30.3 Å². The van der Waals surface area contributed by atoms with Crippen molar-refractivity contribution in [1.29, 1.82) is 0 Å². The van der Waals surface area contributed by atoms with E-state index in [0.29, 0.717) is 5.56 Å². The van der Waals surface area contributed by atoms with Crippen LogP contribution in [-0.4, -0.2) is 81.7 Å². The average Bonchev–Trinajstić information content (AvgIpc) is 2.75. The summed E-state index contributed by atoms with van der Waals surface area (Å²) in [5.41, 5.74) is 11.1. The summed E-state index contributed by atoms with van der Waals surface area (Å²) in [6, 6.07) is 2.28. The molecule has 10 N–H and O–H groups in total. The highest BCUT2D eigenvalue weighted by molar-refractivity contribution is 5.95. The molecule has 4 atom stereocenters. The van der Waals surface area contributed by atoms with E-state index in [2.05, 4.69) is 10.6 Å². The Labute approximate surface area is 193 Å². The minimum absolute atomic E-state index is 0.0720. The molecule has 0 bridgehead atoms. The molecule has 0 aliphatic heterocycles. The second-order valence-electron chi connectivity index (χ2n) is 7.27. The van der Waals surface area contributed by atoms with Crippen molar-refractivity contribution in [2.75, 3.05) is 6.61 Å². The Morgan fingerprint density at radius 1 is 0.794 bits per heavy atom. The minimum atomic E-state index is -1.69. The lowest BCUT2D eigenvalue weighted by Crippen LogP contribution is -2.58. The molecule has 14 nitrogen and oxygen atoms in total. The zero-order valence-corrected chi connectivity index (χ0v) is 18.0. The van der Waals surface area contributed by atoms with E-state index in [1.807, 2.05) is 5.32 Å². The molecule has 1 rings (SSSR count). The maximum absolute atomic E-state index is 12.8. The van der Waals surface area contributed by atoms with Gasteiger partial charge in [0.05, 0.1) is 25.5 Å². The third kappa shape index (κ3) is 9.62. The van der Waals surface area contributed by atoms with Gasteiger partial charge in [0.2, 0.25) is 23.6 Å². The number of amides is 4. The third-order valence-corrected chi connectivity index (χ3v) is 4.48. The van der Waals surface area contributed by atoms with Crippen LogP contribution < -0.4 is 27.4 Å². The number of nitrogens with one attached hydrogen (secondary N) is 3. The molecule has 0 saturated carbocycles. The summed E-state index contributed by atoms with van der Waals surface area (Å²) in [6.45, 7) is -0.939. The number of hydrogen-bond acceptors (Lipinski definition) is 8. The summed E-state index contributed by atoms with van der Waals surface area (Å²) >= 11 is 0. The molecule has 34 heavy (non-hydrogen) atoms. The standard InChI is InChI=1S/C20H27N5O9/c21-11(7-16(28)29)17(30)23-12(6-10-4-2-1-3-5-10)18(31)25-14(9-26)19(32)24-13(20(33)34)8-15(22)27/h1-5,11-14,26H,6-9,21H2,(H2,22,27)(H,23,30)(H,24,32)(H,25,31)(H,28,29)(H,33,34). The van der Waals surface area contributed by atoms with Crippen LogP contribution in [0.5, 0.6) is 0 Å². The Bertz CT molecular complexity index is 909. The topological polar surface area (TPSA) is 251 Å². The van der Waals surface area contributed by atoms with E-state index >= 15 is 0 Å². The van der Waals surface area contributed by atoms with Crippen LogP contribution in [0.25, 0.3) is 0 Å². The largest absolute Gasteiger partial charge is 0.481 e. The molecule has 0 aliphatic rings. The highest BCUT2D eigenvalue weighted by Gasteiger charge is 2.31. The van der Waals surface area contributed by atoms with Crippen molar-refractivity contribution in [2.24, 2.45) is 11.5 Å². The lowest BCUT2D eigenvalue weighted by molar-refractivity contribution is -0.144. The first-order valence-electron chi connectivity index (χ1n) is 9.99. The van der Waals surface area contributed by atoms with Crippen LogP contribution in [0.15, 0.2) is 30.3 Å². The number of aliphatic carboxylic acids is 2. The number of nitrogens with two attached hydrogens (primary N) is 2. The van der Waals surface area contributed by atoms with E-state index in [9.17, 15) is 33.9 Å². The van der Waals surface area contributed by atoms with Gasteiger partial charge < -0.3 is 42.7 Å². The van der Waals surface area contributed by atoms with Crippen LogP contribution in [0.1, 0.15) is 18.4 Å². The highest BCUT2D eigenvalue weighted by Crippen LogP contribution is 2.05. The molecule has 0 saturated heterocycles. The molecule has 4 amide bonds. The number of carbonyl (C=O) groups is 6. The van der Waals surface area contributed by atoms with E-state index < -0.39 is 79.2 Å². The van der Waals surface area contributed by atoms with Gasteiger partial charge in [0.25, 0.3) is 0 Å². The number of benzene rings is 1. The normalized spacial score (nSPS) is 14.1. The molecule has 0 radical (unpaired) electrons. The molecule has 0 spiro atoms. The lowest BCUT2D eigenvalue weighted by Gasteiger charge is -2.24. The molecule has 1 aromatic carbocycles. The monoisotopic (exact) mass is 481 g/mol. The SMILES string of the molecule is NC(=O)CC(NC(=O)C(CO)NC(=O)C(Cc1ccccc1)NC(=O)C(N)CC(=O)O)C(=O)O. The molecule has 0 aromatic heterocycles. The summed E-state index contributed by atoms with van der Waals surface area (Å²) in [5.74, 6) is -6.87. The maximum Gasteiger partial charge on any atom is 0.326 e. The fraction of sp³-hybridized carbons (Fsp3) is 0.400. The average molecular weight is 481 g/mol. The molecule has 14 heteroatoms. The van der Waals surface area contributed by atoms with E-state index in [1.165, 1.54) is 0 Å². The summed E-state index contributed by atoms with van der Waals surface area (Å²) in [5, 5.41) is 33.9. The van der Waals surface area contributed by atoms with E-state index in [1.54, 1.807) is 30.3 Å². The van der Waals surface area contributed by atoms with Crippen molar-refractivity contribution in [3.8, 4) is 0 Å². The van der Waals surface area contributed by atoms with Crippen LogP contribution >= 0.6 is 0 Å². The van der Waals surface area contributed by atoms with Gasteiger partial charge in [0.1, 0.15) is 18.1 Å². The predicted octanol–water partition coefficient (Wildman–Crippen LogP) is -3.56. The maximum atomic E-state index is 12.8. The first-order chi connectivity index (χ1) is 15.9. The minimum Gasteiger partial charge on any atom is -0.481 e. The summed E-state index contributed by atoms with van der Waals surface area (Å²) < 4.78 is 0. The summed E-state index contributed by atoms with van der Waals surface area (Å²) in [4.78, 5) is 70.5. The van der Waals surface area contributed by atoms with Crippen LogP contribution in [-0.2, 0) is 35.2 Å². The van der Waals surface area contributed by atoms with Crippen LogP contribution in [0, 0.1) is 0 Å². The molecule has 1 aromatic rings. The predicted molar refractivity (Wildman–Crippen MR) is 115 cm³/mol. The van der Waals surface area contributed by atoms with Crippen molar-refractivity contribution in [2.45, 2.75) is 43.4 Å². The van der Waals surface area contributed by atoms with Gasteiger partial charge in [-0.15, -0.1) is 0 Å². The van der Waals surface area contributed by atoms with Gasteiger partial charge in [-0.05, 0) is 5.56 Å². The fourth-order valence-corrected chi connectivity index (χ4v) is 2.76. The number of carboxylic acid groups (broad SMARTS) is 2. The lowest BCUT2D eigenvalue weighted by atomic mass is 10.0. The Hall–Kier alpha value is -4.04. The molecule has 0 fully saturated rings. The third-order valence-electron chi connectivity index (χ3n) is 4.48. The number of rotatable bonds is 14. The van der Waals surface area contributed by atoms with Gasteiger partial charge in [-0.3, -0.25) is 24.0 Å². The Morgan fingerprint density at radius 3 is 1.82 bits per heavy atom. The van der Waals surface area contributed by atoms with Crippen LogP contribution in [0.3, 0.4) is 0 Å². The first-order valence-corrected chi connectivity index (χ1v) is 9.99. The van der Waals surface area contributed by atoms with Crippen molar-refractivity contribution in [1.82, 2.24) is 16.0 Å². The molecular formula is C20H27N5O9. The fourth-order valence-electron chi connectivity index (χ4n) is 2.76. The van der Waals surface area contributed by atoms with Crippen LogP contribution in [0.2, 0.25) is 0 Å². The van der Waals surface area contributed by atoms with Crippen molar-refractivity contribution < 1.29 is 44.1 Å².